The maximum Gasteiger partial charge on any atom is 0.254 e. The van der Waals surface area contributed by atoms with Crippen molar-refractivity contribution >= 4 is 22.8 Å². The van der Waals surface area contributed by atoms with Crippen molar-refractivity contribution in [2.24, 2.45) is 13.0 Å². The van der Waals surface area contributed by atoms with Gasteiger partial charge in [-0.1, -0.05) is 5.16 Å². The standard InChI is InChI=1S/C22H26N6O3/c1-12-8-17(20-14(3)24-26(4)21(20)23-12)22(30)27-6-5-18-15(10-27)11-28(18)19(29)9-16-7-13(2)25-31-16/h7-8,15,18H,5-6,9-11H2,1-4H3/t15-,18-/m0/s1. The van der Waals surface area contributed by atoms with E-state index in [0.29, 0.717) is 36.9 Å². The van der Waals surface area contributed by atoms with Crippen LogP contribution in [0.3, 0.4) is 0 Å². The zero-order chi connectivity index (χ0) is 21.9. The molecular weight excluding hydrogens is 396 g/mol. The summed E-state index contributed by atoms with van der Waals surface area (Å²) in [4.78, 5) is 34.5. The van der Waals surface area contributed by atoms with Crippen molar-refractivity contribution in [3.8, 4) is 0 Å². The summed E-state index contributed by atoms with van der Waals surface area (Å²) in [6.07, 6.45) is 1.03. The number of aromatic nitrogens is 4. The predicted molar refractivity (Wildman–Crippen MR) is 112 cm³/mol. The minimum atomic E-state index is 0.0203. The maximum absolute atomic E-state index is 13.4. The molecule has 0 saturated carbocycles. The topological polar surface area (TPSA) is 97.4 Å². The number of likely N-dealkylation sites (tertiary alicyclic amines) is 2. The molecule has 0 bridgehead atoms. The van der Waals surface area contributed by atoms with Crippen LogP contribution >= 0.6 is 0 Å². The zero-order valence-corrected chi connectivity index (χ0v) is 18.3. The molecule has 31 heavy (non-hydrogen) atoms. The second-order valence-corrected chi connectivity index (χ2v) is 8.74. The number of pyridine rings is 1. The molecule has 0 unspecified atom stereocenters. The van der Waals surface area contributed by atoms with Gasteiger partial charge >= 0.3 is 0 Å². The van der Waals surface area contributed by atoms with Gasteiger partial charge in [0.25, 0.3) is 5.91 Å². The van der Waals surface area contributed by atoms with Crippen LogP contribution in [-0.4, -0.2) is 67.2 Å². The molecular formula is C22H26N6O3. The lowest BCUT2D eigenvalue weighted by Gasteiger charge is -2.53. The molecule has 2 aliphatic heterocycles. The SMILES string of the molecule is Cc1cc(CC(=O)N2C[C@@H]3CN(C(=O)c4cc(C)nc5c4c(C)nn5C)CC[C@@H]32)on1. The van der Waals surface area contributed by atoms with Crippen molar-refractivity contribution in [1.82, 2.24) is 29.7 Å². The van der Waals surface area contributed by atoms with Crippen molar-refractivity contribution < 1.29 is 14.1 Å². The minimum Gasteiger partial charge on any atom is -0.361 e. The van der Waals surface area contributed by atoms with Gasteiger partial charge in [-0.3, -0.25) is 14.3 Å². The first kappa shape index (κ1) is 19.7. The third kappa shape index (κ3) is 3.28. The van der Waals surface area contributed by atoms with Gasteiger partial charge in [0.05, 0.1) is 28.8 Å². The van der Waals surface area contributed by atoms with Crippen LogP contribution in [-0.2, 0) is 18.3 Å². The first-order chi connectivity index (χ1) is 14.8. The summed E-state index contributed by atoms with van der Waals surface area (Å²) in [7, 11) is 1.85. The third-order valence-corrected chi connectivity index (χ3v) is 6.46. The normalized spacial score (nSPS) is 20.6. The van der Waals surface area contributed by atoms with E-state index >= 15 is 0 Å². The summed E-state index contributed by atoms with van der Waals surface area (Å²) in [6.45, 7) is 7.63. The molecule has 5 heterocycles. The van der Waals surface area contributed by atoms with E-state index in [4.69, 9.17) is 4.52 Å². The predicted octanol–water partition coefficient (Wildman–Crippen LogP) is 1.80. The smallest absolute Gasteiger partial charge is 0.254 e. The number of carbonyl (C=O) groups is 2. The molecule has 5 rings (SSSR count). The Morgan fingerprint density at radius 1 is 1.16 bits per heavy atom. The fraction of sp³-hybridized carbons (Fsp3) is 0.500. The number of hydrogen-bond acceptors (Lipinski definition) is 6. The number of aryl methyl sites for hydroxylation is 4. The fourth-order valence-corrected chi connectivity index (χ4v) is 4.99. The molecule has 2 fully saturated rings. The molecule has 3 aromatic rings. The van der Waals surface area contributed by atoms with Gasteiger partial charge in [0, 0.05) is 50.4 Å². The Labute approximate surface area is 180 Å². The van der Waals surface area contributed by atoms with Gasteiger partial charge in [-0.25, -0.2) is 4.98 Å². The highest BCUT2D eigenvalue weighted by atomic mass is 16.5. The molecule has 0 aliphatic carbocycles. The second-order valence-electron chi connectivity index (χ2n) is 8.74. The van der Waals surface area contributed by atoms with Crippen LogP contribution in [0.1, 0.15) is 39.6 Å². The van der Waals surface area contributed by atoms with Crippen LogP contribution < -0.4 is 0 Å². The molecule has 0 spiro atoms. The van der Waals surface area contributed by atoms with Gasteiger partial charge in [0.15, 0.2) is 5.65 Å². The Morgan fingerprint density at radius 3 is 2.68 bits per heavy atom. The van der Waals surface area contributed by atoms with E-state index in [0.717, 1.165) is 34.5 Å². The molecule has 2 amide bonds. The molecule has 9 heteroatoms. The molecule has 162 valence electrons. The molecule has 0 aromatic carbocycles. The lowest BCUT2D eigenvalue weighted by atomic mass is 9.82. The minimum absolute atomic E-state index is 0.0203. The van der Waals surface area contributed by atoms with E-state index < -0.39 is 0 Å². The number of rotatable bonds is 3. The van der Waals surface area contributed by atoms with Gasteiger partial charge in [-0.2, -0.15) is 5.10 Å². The summed E-state index contributed by atoms with van der Waals surface area (Å²) in [5, 5.41) is 9.12. The number of amides is 2. The summed E-state index contributed by atoms with van der Waals surface area (Å²) in [5.41, 5.74) is 3.79. The van der Waals surface area contributed by atoms with E-state index in [1.165, 1.54) is 0 Å². The highest BCUT2D eigenvalue weighted by molar-refractivity contribution is 6.06. The zero-order valence-electron chi connectivity index (χ0n) is 18.3. The summed E-state index contributed by atoms with van der Waals surface area (Å²) in [5.74, 6) is 0.996. The monoisotopic (exact) mass is 422 g/mol. The Bertz CT molecular complexity index is 1200. The van der Waals surface area contributed by atoms with Crippen molar-refractivity contribution in [3.63, 3.8) is 0 Å². The Kier molecular flexibility index (Phi) is 4.56. The van der Waals surface area contributed by atoms with Crippen LogP contribution in [0.2, 0.25) is 0 Å². The van der Waals surface area contributed by atoms with Gasteiger partial charge in [0.2, 0.25) is 5.91 Å². The number of nitrogens with zero attached hydrogens (tertiary/aromatic N) is 6. The molecule has 2 saturated heterocycles. The molecule has 3 aromatic heterocycles. The van der Waals surface area contributed by atoms with Gasteiger partial charge in [-0.05, 0) is 33.3 Å². The molecule has 2 atom stereocenters. The number of carbonyl (C=O) groups excluding carboxylic acids is 2. The second kappa shape index (κ2) is 7.18. The first-order valence-electron chi connectivity index (χ1n) is 10.6. The number of fused-ring (bicyclic) bond motifs is 2. The quantitative estimate of drug-likeness (QED) is 0.638. The van der Waals surface area contributed by atoms with Crippen molar-refractivity contribution in [1.29, 1.82) is 0 Å². The van der Waals surface area contributed by atoms with E-state index in [-0.39, 0.29) is 24.3 Å². The molecule has 0 radical (unpaired) electrons. The lowest BCUT2D eigenvalue weighted by molar-refractivity contribution is -0.146. The molecule has 0 N–H and O–H groups in total. The van der Waals surface area contributed by atoms with Crippen LogP contribution in [0.4, 0.5) is 0 Å². The maximum atomic E-state index is 13.4. The van der Waals surface area contributed by atoms with E-state index in [1.807, 2.05) is 43.7 Å². The van der Waals surface area contributed by atoms with Crippen molar-refractivity contribution in [2.75, 3.05) is 19.6 Å². The summed E-state index contributed by atoms with van der Waals surface area (Å²) in [6, 6.07) is 3.86. The summed E-state index contributed by atoms with van der Waals surface area (Å²) < 4.78 is 6.91. The largest absolute Gasteiger partial charge is 0.361 e. The fourth-order valence-electron chi connectivity index (χ4n) is 4.99. The van der Waals surface area contributed by atoms with Crippen LogP contribution in [0.25, 0.3) is 11.0 Å². The van der Waals surface area contributed by atoms with Gasteiger partial charge in [-0.15, -0.1) is 0 Å². The molecule has 2 aliphatic rings. The lowest BCUT2D eigenvalue weighted by Crippen LogP contribution is -2.65. The van der Waals surface area contributed by atoms with Crippen molar-refractivity contribution in [2.45, 2.75) is 39.7 Å². The average Bonchev–Trinajstić information content (AvgIpc) is 3.23. The van der Waals surface area contributed by atoms with Gasteiger partial charge in [0.1, 0.15) is 5.76 Å². The van der Waals surface area contributed by atoms with Crippen LogP contribution in [0, 0.1) is 26.7 Å². The van der Waals surface area contributed by atoms with Crippen LogP contribution in [0.15, 0.2) is 16.7 Å². The third-order valence-electron chi connectivity index (χ3n) is 6.46. The van der Waals surface area contributed by atoms with Crippen molar-refractivity contribution in [3.05, 3.63) is 40.5 Å². The first-order valence-corrected chi connectivity index (χ1v) is 10.6. The molecule has 9 nitrogen and oxygen atoms in total. The number of piperidine rings is 1. The van der Waals surface area contributed by atoms with Crippen LogP contribution in [0.5, 0.6) is 0 Å². The van der Waals surface area contributed by atoms with E-state index in [9.17, 15) is 9.59 Å². The highest BCUT2D eigenvalue weighted by Crippen LogP contribution is 2.34. The van der Waals surface area contributed by atoms with E-state index in [1.54, 1.807) is 10.7 Å². The summed E-state index contributed by atoms with van der Waals surface area (Å²) >= 11 is 0. The van der Waals surface area contributed by atoms with E-state index in [2.05, 4.69) is 15.2 Å². The number of hydrogen-bond donors (Lipinski definition) is 0. The Hall–Kier alpha value is -3.23. The van der Waals surface area contributed by atoms with Gasteiger partial charge < -0.3 is 14.3 Å². The Morgan fingerprint density at radius 2 is 1.97 bits per heavy atom. The Balaban J connectivity index is 1.29. The highest BCUT2D eigenvalue weighted by Gasteiger charge is 2.46. The average molecular weight is 422 g/mol.